The molecule has 35 heavy (non-hydrogen) atoms. The molecule has 0 bridgehead atoms. The Kier molecular flexibility index (Phi) is 6.98. The average Bonchev–Trinajstić information content (AvgIpc) is 2.84. The van der Waals surface area contributed by atoms with Gasteiger partial charge in [0.05, 0.1) is 16.7 Å². The molecule has 0 unspecified atom stereocenters. The van der Waals surface area contributed by atoms with Crippen LogP contribution in [-0.2, 0) is 16.1 Å². The molecule has 0 aliphatic rings. The molecule has 4 rings (SSSR count). The fourth-order valence-corrected chi connectivity index (χ4v) is 3.98. The lowest BCUT2D eigenvalue weighted by atomic mass is 10.1. The van der Waals surface area contributed by atoms with Gasteiger partial charge in [0.15, 0.2) is 0 Å². The van der Waals surface area contributed by atoms with Crippen LogP contribution >= 0.6 is 11.6 Å². The van der Waals surface area contributed by atoms with Crippen LogP contribution in [0.5, 0.6) is 0 Å². The van der Waals surface area contributed by atoms with Gasteiger partial charge in [-0.1, -0.05) is 48.4 Å². The van der Waals surface area contributed by atoms with Crippen LogP contribution < -0.4 is 16.2 Å². The molecule has 0 aliphatic heterocycles. The van der Waals surface area contributed by atoms with Crippen LogP contribution in [0, 0.1) is 13.8 Å². The molecule has 0 radical (unpaired) electrons. The minimum absolute atomic E-state index is 0.158. The molecule has 4 aromatic rings. The molecule has 0 saturated carbocycles. The summed E-state index contributed by atoms with van der Waals surface area (Å²) in [5.41, 5.74) is 4.04. The second kappa shape index (κ2) is 10.1. The Morgan fingerprint density at radius 2 is 1.69 bits per heavy atom. The van der Waals surface area contributed by atoms with Gasteiger partial charge in [0.25, 0.3) is 5.56 Å². The van der Waals surface area contributed by atoms with E-state index in [-0.39, 0.29) is 24.1 Å². The number of hydrogen-bond donors (Lipinski definition) is 2. The Morgan fingerprint density at radius 3 is 2.46 bits per heavy atom. The van der Waals surface area contributed by atoms with Crippen LogP contribution in [0.4, 0.5) is 11.4 Å². The van der Waals surface area contributed by atoms with E-state index in [0.717, 1.165) is 11.1 Å². The summed E-state index contributed by atoms with van der Waals surface area (Å²) < 4.78 is 1.40. The molecular weight excluding hydrogens is 464 g/mol. The quantitative estimate of drug-likeness (QED) is 0.384. The molecule has 7 nitrogen and oxygen atoms in total. The average molecular weight is 489 g/mol. The van der Waals surface area contributed by atoms with Gasteiger partial charge in [0.1, 0.15) is 12.2 Å². The van der Waals surface area contributed by atoms with E-state index in [0.29, 0.717) is 39.4 Å². The van der Waals surface area contributed by atoms with Crippen LogP contribution in [0.2, 0.25) is 5.02 Å². The molecule has 1 aromatic heterocycles. The molecule has 3 aromatic carbocycles. The number of hydrogen-bond acceptors (Lipinski definition) is 4. The summed E-state index contributed by atoms with van der Waals surface area (Å²) in [5.74, 6) is -0.545. The van der Waals surface area contributed by atoms with Crippen LogP contribution in [-0.4, -0.2) is 21.4 Å². The lowest BCUT2D eigenvalue weighted by Crippen LogP contribution is -2.30. The zero-order chi connectivity index (χ0) is 25.1. The maximum Gasteiger partial charge on any atom is 0.278 e. The summed E-state index contributed by atoms with van der Waals surface area (Å²) in [6.07, 6.45) is 0.297. The number of carbonyl (C=O) groups excluding carboxylic acids is 2. The van der Waals surface area contributed by atoms with Gasteiger partial charge in [-0.2, -0.15) is 0 Å². The number of aromatic nitrogens is 2. The molecule has 2 N–H and O–H groups in total. The number of rotatable bonds is 6. The number of nitrogens with zero attached hydrogens (tertiary/aromatic N) is 2. The van der Waals surface area contributed by atoms with Crippen molar-refractivity contribution in [1.82, 2.24) is 9.55 Å². The summed E-state index contributed by atoms with van der Waals surface area (Å²) in [5, 5.41) is 6.23. The van der Waals surface area contributed by atoms with Crippen molar-refractivity contribution < 1.29 is 9.59 Å². The highest BCUT2D eigenvalue weighted by Crippen LogP contribution is 2.28. The van der Waals surface area contributed by atoms with Gasteiger partial charge in [-0.15, -0.1) is 0 Å². The topological polar surface area (TPSA) is 93.1 Å². The first kappa shape index (κ1) is 24.2. The van der Waals surface area contributed by atoms with Gasteiger partial charge >= 0.3 is 0 Å². The van der Waals surface area contributed by atoms with E-state index in [9.17, 15) is 14.4 Å². The predicted octanol–water partition coefficient (Wildman–Crippen LogP) is 5.32. The Labute approximate surface area is 207 Å². The molecule has 0 spiro atoms. The van der Waals surface area contributed by atoms with Gasteiger partial charge in [-0.3, -0.25) is 19.0 Å². The van der Waals surface area contributed by atoms with Crippen molar-refractivity contribution in [3.05, 3.63) is 87.2 Å². The number of para-hydroxylation sites is 2. The van der Waals surface area contributed by atoms with Crippen molar-refractivity contribution in [3.8, 4) is 11.3 Å². The van der Waals surface area contributed by atoms with E-state index in [1.165, 1.54) is 4.57 Å². The first-order chi connectivity index (χ1) is 16.8. The second-order valence-electron chi connectivity index (χ2n) is 8.25. The van der Waals surface area contributed by atoms with Crippen molar-refractivity contribution in [2.24, 2.45) is 0 Å². The van der Waals surface area contributed by atoms with Crippen molar-refractivity contribution in [2.45, 2.75) is 33.7 Å². The summed E-state index contributed by atoms with van der Waals surface area (Å²) in [7, 11) is 0. The van der Waals surface area contributed by atoms with E-state index >= 15 is 0 Å². The summed E-state index contributed by atoms with van der Waals surface area (Å²) in [4.78, 5) is 43.4. The SMILES string of the molecule is CCC(=O)Nc1ccc(C)cc1-c1nc2ccccc2n(CC(=O)Nc2cccc(Cl)c2C)c1=O. The third kappa shape index (κ3) is 5.10. The minimum atomic E-state index is -0.431. The van der Waals surface area contributed by atoms with E-state index in [1.54, 1.807) is 49.4 Å². The van der Waals surface area contributed by atoms with E-state index < -0.39 is 5.56 Å². The smallest absolute Gasteiger partial charge is 0.278 e. The molecule has 0 saturated heterocycles. The van der Waals surface area contributed by atoms with Gasteiger partial charge in [0, 0.05) is 22.7 Å². The van der Waals surface area contributed by atoms with Gasteiger partial charge < -0.3 is 10.6 Å². The molecule has 0 fully saturated rings. The Hall–Kier alpha value is -3.97. The molecule has 8 heteroatoms. The monoisotopic (exact) mass is 488 g/mol. The van der Waals surface area contributed by atoms with Gasteiger partial charge in [-0.05, 0) is 55.8 Å². The lowest BCUT2D eigenvalue weighted by Gasteiger charge is -2.16. The molecule has 0 atom stereocenters. The number of anilines is 2. The normalized spacial score (nSPS) is 10.9. The number of aryl methyl sites for hydroxylation is 1. The van der Waals surface area contributed by atoms with Crippen LogP contribution in [0.1, 0.15) is 24.5 Å². The van der Waals surface area contributed by atoms with Crippen LogP contribution in [0.3, 0.4) is 0 Å². The van der Waals surface area contributed by atoms with Crippen molar-refractivity contribution >= 4 is 45.8 Å². The highest BCUT2D eigenvalue weighted by molar-refractivity contribution is 6.31. The molecule has 2 amide bonds. The first-order valence-corrected chi connectivity index (χ1v) is 11.6. The van der Waals surface area contributed by atoms with E-state index in [2.05, 4.69) is 15.6 Å². The third-order valence-corrected chi connectivity index (χ3v) is 6.13. The minimum Gasteiger partial charge on any atom is -0.325 e. The van der Waals surface area contributed by atoms with Crippen LogP contribution in [0.25, 0.3) is 22.3 Å². The van der Waals surface area contributed by atoms with Crippen molar-refractivity contribution in [1.29, 1.82) is 0 Å². The number of amides is 2. The zero-order valence-electron chi connectivity index (χ0n) is 19.7. The summed E-state index contributed by atoms with van der Waals surface area (Å²) in [6, 6.07) is 17.8. The number of carbonyl (C=O) groups is 2. The number of nitrogens with one attached hydrogen (secondary N) is 2. The van der Waals surface area contributed by atoms with E-state index in [4.69, 9.17) is 11.6 Å². The molecule has 1 heterocycles. The van der Waals surface area contributed by atoms with E-state index in [1.807, 2.05) is 32.0 Å². The number of halogens is 1. The van der Waals surface area contributed by atoms with Gasteiger partial charge in [0.2, 0.25) is 11.8 Å². The maximum absolute atomic E-state index is 13.7. The Morgan fingerprint density at radius 1 is 0.943 bits per heavy atom. The largest absolute Gasteiger partial charge is 0.325 e. The fraction of sp³-hybridized carbons (Fsp3) is 0.185. The highest BCUT2D eigenvalue weighted by atomic mass is 35.5. The second-order valence-corrected chi connectivity index (χ2v) is 8.66. The standard InChI is InChI=1S/C27H25ClN4O3/c1-4-24(33)30-21-13-12-16(2)14-18(21)26-27(35)32(23-11-6-5-9-22(23)31-26)15-25(34)29-20-10-7-8-19(28)17(20)3/h5-14H,4,15H2,1-3H3,(H,29,34)(H,30,33). The number of benzene rings is 3. The fourth-order valence-electron chi connectivity index (χ4n) is 3.80. The molecule has 0 aliphatic carbocycles. The predicted molar refractivity (Wildman–Crippen MR) is 140 cm³/mol. The number of fused-ring (bicyclic) bond motifs is 1. The van der Waals surface area contributed by atoms with Crippen molar-refractivity contribution in [3.63, 3.8) is 0 Å². The van der Waals surface area contributed by atoms with Gasteiger partial charge in [-0.25, -0.2) is 4.98 Å². The lowest BCUT2D eigenvalue weighted by molar-refractivity contribution is -0.117. The first-order valence-electron chi connectivity index (χ1n) is 11.2. The zero-order valence-corrected chi connectivity index (χ0v) is 20.4. The maximum atomic E-state index is 13.7. The Bertz CT molecular complexity index is 1510. The summed E-state index contributed by atoms with van der Waals surface area (Å²) >= 11 is 6.18. The van der Waals surface area contributed by atoms with Crippen LogP contribution in [0.15, 0.2) is 65.5 Å². The third-order valence-electron chi connectivity index (χ3n) is 5.72. The summed E-state index contributed by atoms with van der Waals surface area (Å²) in [6.45, 7) is 5.25. The molecule has 178 valence electrons. The van der Waals surface area contributed by atoms with Crippen molar-refractivity contribution in [2.75, 3.05) is 10.6 Å². The molecular formula is C27H25ClN4O3. The Balaban J connectivity index is 1.82. The highest BCUT2D eigenvalue weighted by Gasteiger charge is 2.19.